The maximum atomic E-state index is 12.3. The molecule has 0 spiro atoms. The van der Waals surface area contributed by atoms with E-state index in [4.69, 9.17) is 0 Å². The average molecular weight is 232 g/mol. The fraction of sp³-hybridized carbons (Fsp3) is 0.583. The molecule has 5 nitrogen and oxygen atoms in total. The Balaban J connectivity index is 2.28. The summed E-state index contributed by atoms with van der Waals surface area (Å²) in [7, 11) is 0. The van der Waals surface area contributed by atoms with E-state index in [0.29, 0.717) is 11.7 Å². The van der Waals surface area contributed by atoms with Gasteiger partial charge in [0.1, 0.15) is 0 Å². The van der Waals surface area contributed by atoms with E-state index in [1.54, 1.807) is 0 Å². The van der Waals surface area contributed by atoms with E-state index in [2.05, 4.69) is 15.1 Å². The van der Waals surface area contributed by atoms with Gasteiger partial charge in [-0.25, -0.2) is 0 Å². The van der Waals surface area contributed by atoms with Crippen LogP contribution in [-0.4, -0.2) is 19.6 Å². The van der Waals surface area contributed by atoms with Crippen LogP contribution in [0.3, 0.4) is 0 Å². The van der Waals surface area contributed by atoms with Crippen LogP contribution in [-0.2, 0) is 0 Å². The molecule has 0 unspecified atom stereocenters. The number of hydrogen-bond acceptors (Lipinski definition) is 3. The van der Waals surface area contributed by atoms with Gasteiger partial charge < -0.3 is 4.98 Å². The van der Waals surface area contributed by atoms with Crippen LogP contribution in [0.4, 0.5) is 0 Å². The lowest BCUT2D eigenvalue weighted by Crippen LogP contribution is -2.22. The number of nitrogens with one attached hydrogen (secondary N) is 1. The summed E-state index contributed by atoms with van der Waals surface area (Å²) in [6.45, 7) is 5.95. The summed E-state index contributed by atoms with van der Waals surface area (Å²) < 4.78 is 1.41. The van der Waals surface area contributed by atoms with Gasteiger partial charge in [-0.2, -0.15) is 9.50 Å². The number of aromatic nitrogens is 4. The first kappa shape index (κ1) is 10.5. The first-order valence-electron chi connectivity index (χ1n) is 6.07. The predicted octanol–water partition coefficient (Wildman–Crippen LogP) is 1.73. The number of fused-ring (bicyclic) bond motifs is 1. The van der Waals surface area contributed by atoms with E-state index in [1.807, 2.05) is 20.8 Å². The van der Waals surface area contributed by atoms with Gasteiger partial charge in [-0.15, -0.1) is 5.10 Å². The SMILES string of the molecule is Cc1[nH]c2nc(C3CC3)nn2c(=O)c1C(C)C. The molecule has 1 saturated carbocycles. The van der Waals surface area contributed by atoms with Crippen molar-refractivity contribution in [2.24, 2.45) is 0 Å². The molecule has 5 heteroatoms. The lowest BCUT2D eigenvalue weighted by molar-refractivity contribution is 0.770. The molecule has 2 heterocycles. The summed E-state index contributed by atoms with van der Waals surface area (Å²) in [5.74, 6) is 2.03. The molecule has 17 heavy (non-hydrogen) atoms. The maximum absolute atomic E-state index is 12.3. The highest BCUT2D eigenvalue weighted by Gasteiger charge is 2.28. The Morgan fingerprint density at radius 3 is 2.71 bits per heavy atom. The Hall–Kier alpha value is -1.65. The van der Waals surface area contributed by atoms with Crippen LogP contribution in [0, 0.1) is 6.92 Å². The van der Waals surface area contributed by atoms with Gasteiger partial charge in [0.2, 0.25) is 5.78 Å². The summed E-state index contributed by atoms with van der Waals surface area (Å²) >= 11 is 0. The van der Waals surface area contributed by atoms with E-state index >= 15 is 0 Å². The highest BCUT2D eigenvalue weighted by Crippen LogP contribution is 2.37. The van der Waals surface area contributed by atoms with E-state index in [1.165, 1.54) is 4.52 Å². The Bertz CT molecular complexity index is 634. The standard InChI is InChI=1S/C12H16N4O/c1-6(2)9-7(3)13-12-14-10(8-4-5-8)15-16(12)11(9)17/h6,8H,4-5H2,1-3H3,(H,13,14,15). The minimum atomic E-state index is -0.0364. The van der Waals surface area contributed by atoms with E-state index in [-0.39, 0.29) is 11.5 Å². The van der Waals surface area contributed by atoms with Crippen molar-refractivity contribution in [2.75, 3.05) is 0 Å². The maximum Gasteiger partial charge on any atom is 0.279 e. The summed E-state index contributed by atoms with van der Waals surface area (Å²) in [4.78, 5) is 19.9. The zero-order valence-electron chi connectivity index (χ0n) is 10.3. The first-order valence-corrected chi connectivity index (χ1v) is 6.07. The molecule has 1 aliphatic rings. The number of aromatic amines is 1. The lowest BCUT2D eigenvalue weighted by Gasteiger charge is -2.07. The van der Waals surface area contributed by atoms with E-state index in [0.717, 1.165) is 29.9 Å². The third kappa shape index (κ3) is 1.57. The van der Waals surface area contributed by atoms with Crippen LogP contribution < -0.4 is 5.56 Å². The molecule has 1 aliphatic carbocycles. The quantitative estimate of drug-likeness (QED) is 0.857. The third-order valence-corrected chi connectivity index (χ3v) is 3.27. The number of rotatable bonds is 2. The molecule has 0 amide bonds. The van der Waals surface area contributed by atoms with Crippen LogP contribution >= 0.6 is 0 Å². The third-order valence-electron chi connectivity index (χ3n) is 3.27. The van der Waals surface area contributed by atoms with Crippen molar-refractivity contribution in [3.8, 4) is 0 Å². The fourth-order valence-corrected chi connectivity index (χ4v) is 2.25. The van der Waals surface area contributed by atoms with Crippen molar-refractivity contribution < 1.29 is 0 Å². The number of aryl methyl sites for hydroxylation is 1. The number of nitrogens with zero attached hydrogens (tertiary/aromatic N) is 3. The van der Waals surface area contributed by atoms with Crippen LogP contribution in [0.2, 0.25) is 0 Å². The van der Waals surface area contributed by atoms with Crippen LogP contribution in [0.25, 0.3) is 5.78 Å². The molecule has 2 aromatic rings. The molecular weight excluding hydrogens is 216 g/mol. The molecular formula is C12H16N4O. The molecule has 0 aliphatic heterocycles. The molecule has 0 saturated heterocycles. The number of hydrogen-bond donors (Lipinski definition) is 1. The van der Waals surface area contributed by atoms with Crippen LogP contribution in [0.1, 0.15) is 55.6 Å². The van der Waals surface area contributed by atoms with Crippen molar-refractivity contribution in [3.05, 3.63) is 27.4 Å². The van der Waals surface area contributed by atoms with Crippen molar-refractivity contribution in [1.82, 2.24) is 19.6 Å². The highest BCUT2D eigenvalue weighted by atomic mass is 16.1. The van der Waals surface area contributed by atoms with E-state index < -0.39 is 0 Å². The normalized spacial score (nSPS) is 16.0. The topological polar surface area (TPSA) is 63.1 Å². The lowest BCUT2D eigenvalue weighted by atomic mass is 10.0. The summed E-state index contributed by atoms with van der Waals surface area (Å²) in [5.41, 5.74) is 1.66. The predicted molar refractivity (Wildman–Crippen MR) is 64.4 cm³/mol. The molecule has 1 fully saturated rings. The zero-order chi connectivity index (χ0) is 12.2. The van der Waals surface area contributed by atoms with Crippen molar-refractivity contribution >= 4 is 5.78 Å². The van der Waals surface area contributed by atoms with Crippen molar-refractivity contribution in [1.29, 1.82) is 0 Å². The first-order chi connectivity index (χ1) is 8.08. The van der Waals surface area contributed by atoms with Crippen molar-refractivity contribution in [3.63, 3.8) is 0 Å². The van der Waals surface area contributed by atoms with Gasteiger partial charge in [-0.3, -0.25) is 4.79 Å². The molecule has 0 aromatic carbocycles. The second-order valence-electron chi connectivity index (χ2n) is 5.10. The minimum absolute atomic E-state index is 0.0364. The largest absolute Gasteiger partial charge is 0.327 e. The van der Waals surface area contributed by atoms with Gasteiger partial charge in [0.05, 0.1) is 0 Å². The zero-order valence-corrected chi connectivity index (χ0v) is 10.3. The van der Waals surface area contributed by atoms with Crippen molar-refractivity contribution in [2.45, 2.75) is 45.4 Å². The molecule has 2 aromatic heterocycles. The number of H-pyrrole nitrogens is 1. The van der Waals surface area contributed by atoms with E-state index in [9.17, 15) is 4.79 Å². The molecule has 0 atom stereocenters. The van der Waals surface area contributed by atoms with Crippen LogP contribution in [0.5, 0.6) is 0 Å². The monoisotopic (exact) mass is 232 g/mol. The van der Waals surface area contributed by atoms with Gasteiger partial charge in [-0.05, 0) is 25.7 Å². The Morgan fingerprint density at radius 2 is 2.12 bits per heavy atom. The molecule has 3 rings (SSSR count). The minimum Gasteiger partial charge on any atom is -0.327 e. The van der Waals surface area contributed by atoms with Crippen LogP contribution in [0.15, 0.2) is 4.79 Å². The van der Waals surface area contributed by atoms with Gasteiger partial charge in [0, 0.05) is 17.2 Å². The second kappa shape index (κ2) is 3.42. The average Bonchev–Trinajstić information content (AvgIpc) is 2.99. The summed E-state index contributed by atoms with van der Waals surface area (Å²) in [5, 5.41) is 4.32. The summed E-state index contributed by atoms with van der Waals surface area (Å²) in [6.07, 6.45) is 2.28. The fourth-order valence-electron chi connectivity index (χ4n) is 2.25. The molecule has 1 N–H and O–H groups in total. The molecule has 90 valence electrons. The van der Waals surface area contributed by atoms with Gasteiger partial charge in [0.25, 0.3) is 5.56 Å². The Kier molecular flexibility index (Phi) is 2.11. The van der Waals surface area contributed by atoms with Gasteiger partial charge in [-0.1, -0.05) is 13.8 Å². The second-order valence-corrected chi connectivity index (χ2v) is 5.10. The van der Waals surface area contributed by atoms with Gasteiger partial charge >= 0.3 is 0 Å². The smallest absolute Gasteiger partial charge is 0.279 e. The Morgan fingerprint density at radius 1 is 1.41 bits per heavy atom. The molecule has 0 bridgehead atoms. The molecule has 0 radical (unpaired) electrons. The Labute approximate surface area is 98.9 Å². The van der Waals surface area contributed by atoms with Gasteiger partial charge in [0.15, 0.2) is 5.82 Å². The highest BCUT2D eigenvalue weighted by molar-refractivity contribution is 5.34. The summed E-state index contributed by atoms with van der Waals surface area (Å²) in [6, 6.07) is 0.